The minimum Gasteiger partial charge on any atom is -0.455 e. The van der Waals surface area contributed by atoms with E-state index in [9.17, 15) is 0 Å². The smallest absolute Gasteiger partial charge is 0.143 e. The third-order valence-corrected chi connectivity index (χ3v) is 10.2. The zero-order valence-corrected chi connectivity index (χ0v) is 25.8. The maximum Gasteiger partial charge on any atom is 0.143 e. The molecule has 2 aromatic heterocycles. The van der Waals surface area contributed by atoms with Crippen molar-refractivity contribution in [1.29, 1.82) is 0 Å². The molecule has 2 heteroatoms. The zero-order chi connectivity index (χ0) is 30.5. The summed E-state index contributed by atoms with van der Waals surface area (Å²) in [5, 5.41) is 4.80. The Hall–Kier alpha value is -5.70. The third kappa shape index (κ3) is 4.30. The highest BCUT2D eigenvalue weighted by Gasteiger charge is 2.23. The molecule has 0 aliphatic carbocycles. The van der Waals surface area contributed by atoms with E-state index in [4.69, 9.17) is 4.42 Å². The summed E-state index contributed by atoms with van der Waals surface area (Å²) >= 11 is 1.89. The molecule has 9 rings (SSSR count). The first kappa shape index (κ1) is 26.7. The molecule has 0 N–H and O–H groups in total. The molecule has 0 radical (unpaired) electrons. The van der Waals surface area contributed by atoms with Crippen LogP contribution in [0.25, 0.3) is 87.0 Å². The van der Waals surface area contributed by atoms with E-state index in [1.807, 2.05) is 17.4 Å². The topological polar surface area (TPSA) is 13.1 Å². The van der Waals surface area contributed by atoms with Crippen molar-refractivity contribution < 1.29 is 4.42 Å². The Morgan fingerprint density at radius 1 is 0.326 bits per heavy atom. The molecule has 0 bridgehead atoms. The van der Waals surface area contributed by atoms with Crippen molar-refractivity contribution in [1.82, 2.24) is 0 Å². The van der Waals surface area contributed by atoms with Gasteiger partial charge in [-0.1, -0.05) is 164 Å². The lowest BCUT2D eigenvalue weighted by Crippen LogP contribution is -1.90. The van der Waals surface area contributed by atoms with Crippen molar-refractivity contribution >= 4 is 44.0 Å². The number of fused-ring (bicyclic) bond motifs is 4. The van der Waals surface area contributed by atoms with E-state index in [0.29, 0.717) is 0 Å². The predicted octanol–water partition coefficient (Wildman–Crippen LogP) is 13.1. The molecule has 0 unspecified atom stereocenters. The number of para-hydroxylation sites is 2. The lowest BCUT2D eigenvalue weighted by molar-refractivity contribution is 0.670. The van der Waals surface area contributed by atoms with Crippen LogP contribution in [0.2, 0.25) is 0 Å². The van der Waals surface area contributed by atoms with Crippen LogP contribution in [0.4, 0.5) is 0 Å². The van der Waals surface area contributed by atoms with E-state index in [1.54, 1.807) is 0 Å². The molecule has 1 nitrogen and oxygen atoms in total. The molecule has 0 aliphatic heterocycles. The van der Waals surface area contributed by atoms with Crippen molar-refractivity contribution in [2.45, 2.75) is 0 Å². The van der Waals surface area contributed by atoms with E-state index in [0.717, 1.165) is 27.5 Å². The Bertz CT molecular complexity index is 2520. The first-order valence-corrected chi connectivity index (χ1v) is 16.4. The molecule has 7 aromatic carbocycles. The highest BCUT2D eigenvalue weighted by Crippen LogP contribution is 2.52. The number of hydrogen-bond acceptors (Lipinski definition) is 2. The standard InChI is InChI=1S/C44H28OS/c1-3-15-29(16-4-1)31-19-7-8-21-37(31)43-38-22-9-10-23-39(38)44(46-43)41-32(30-17-5-2-6-18-30)24-13-25-34(41)36-27-14-26-35-33-20-11-12-28-40(33)45-42(35)36/h1-28H. The SMILES string of the molecule is c1ccc(-c2ccccc2-c2sc(-c3c(-c4ccccc4)cccc3-c3cccc4c3oc3ccccc34)c3ccccc23)cc1. The third-order valence-electron chi connectivity index (χ3n) is 8.95. The van der Waals surface area contributed by atoms with Gasteiger partial charge >= 0.3 is 0 Å². The number of furan rings is 1. The maximum absolute atomic E-state index is 6.60. The zero-order valence-electron chi connectivity index (χ0n) is 25.0. The van der Waals surface area contributed by atoms with Gasteiger partial charge in [-0.2, -0.15) is 0 Å². The van der Waals surface area contributed by atoms with E-state index in [1.165, 1.54) is 59.5 Å². The quantitative estimate of drug-likeness (QED) is 0.190. The van der Waals surface area contributed by atoms with Crippen LogP contribution in [0.1, 0.15) is 0 Å². The summed E-state index contributed by atoms with van der Waals surface area (Å²) in [5.74, 6) is 0. The van der Waals surface area contributed by atoms with E-state index >= 15 is 0 Å². The molecule has 0 fully saturated rings. The fourth-order valence-electron chi connectivity index (χ4n) is 6.87. The second kappa shape index (κ2) is 11.0. The van der Waals surface area contributed by atoms with Gasteiger partial charge in [0.1, 0.15) is 11.2 Å². The van der Waals surface area contributed by atoms with Crippen LogP contribution in [0.3, 0.4) is 0 Å². The molecule has 0 amide bonds. The maximum atomic E-state index is 6.60. The summed E-state index contributed by atoms with van der Waals surface area (Å²) in [6.07, 6.45) is 0. The average Bonchev–Trinajstić information content (AvgIpc) is 3.71. The van der Waals surface area contributed by atoms with Crippen LogP contribution in [0.15, 0.2) is 174 Å². The van der Waals surface area contributed by atoms with E-state index < -0.39 is 0 Å². The second-order valence-corrected chi connectivity index (χ2v) is 12.6. The highest BCUT2D eigenvalue weighted by molar-refractivity contribution is 7.21. The number of benzene rings is 7. The summed E-state index contributed by atoms with van der Waals surface area (Å²) in [6.45, 7) is 0. The highest BCUT2D eigenvalue weighted by atomic mass is 32.1. The molecule has 2 heterocycles. The van der Waals surface area contributed by atoms with Crippen molar-refractivity contribution in [3.63, 3.8) is 0 Å². The lowest BCUT2D eigenvalue weighted by Gasteiger charge is -2.16. The van der Waals surface area contributed by atoms with Crippen LogP contribution in [-0.4, -0.2) is 0 Å². The Labute approximate surface area is 271 Å². The van der Waals surface area contributed by atoms with Crippen LogP contribution >= 0.6 is 11.3 Å². The summed E-state index contributed by atoms with van der Waals surface area (Å²) in [7, 11) is 0. The molecule has 0 atom stereocenters. The van der Waals surface area contributed by atoms with Crippen molar-refractivity contribution in [3.8, 4) is 54.3 Å². The van der Waals surface area contributed by atoms with Crippen molar-refractivity contribution in [2.24, 2.45) is 0 Å². The van der Waals surface area contributed by atoms with Gasteiger partial charge < -0.3 is 4.42 Å². The summed E-state index contributed by atoms with van der Waals surface area (Å²) < 4.78 is 6.60. The molecule has 46 heavy (non-hydrogen) atoms. The molecular weight excluding hydrogens is 577 g/mol. The monoisotopic (exact) mass is 604 g/mol. The Morgan fingerprint density at radius 2 is 0.826 bits per heavy atom. The summed E-state index contributed by atoms with van der Waals surface area (Å²) in [4.78, 5) is 2.54. The largest absolute Gasteiger partial charge is 0.455 e. The fraction of sp³-hybridized carbons (Fsp3) is 0. The number of hydrogen-bond donors (Lipinski definition) is 0. The van der Waals surface area contributed by atoms with E-state index in [2.05, 4.69) is 164 Å². The van der Waals surface area contributed by atoms with Crippen molar-refractivity contribution in [3.05, 3.63) is 170 Å². The van der Waals surface area contributed by atoms with Gasteiger partial charge in [0.15, 0.2) is 0 Å². The van der Waals surface area contributed by atoms with E-state index in [-0.39, 0.29) is 0 Å². The normalized spacial score (nSPS) is 11.5. The van der Waals surface area contributed by atoms with Gasteiger partial charge in [-0.15, -0.1) is 11.3 Å². The van der Waals surface area contributed by atoms with Crippen LogP contribution in [-0.2, 0) is 0 Å². The minimum absolute atomic E-state index is 0.909. The van der Waals surface area contributed by atoms with Gasteiger partial charge in [-0.3, -0.25) is 0 Å². The molecule has 216 valence electrons. The number of thiophene rings is 1. The first-order chi connectivity index (χ1) is 22.8. The lowest BCUT2D eigenvalue weighted by atomic mass is 9.89. The van der Waals surface area contributed by atoms with Gasteiger partial charge in [0.05, 0.1) is 0 Å². The van der Waals surface area contributed by atoms with Gasteiger partial charge in [0.2, 0.25) is 0 Å². The molecule has 0 saturated heterocycles. The Morgan fingerprint density at radius 3 is 1.59 bits per heavy atom. The Balaban J connectivity index is 1.37. The fourth-order valence-corrected chi connectivity index (χ4v) is 8.26. The molecule has 0 saturated carbocycles. The van der Waals surface area contributed by atoms with Crippen LogP contribution in [0, 0.1) is 0 Å². The molecular formula is C44H28OS. The Kier molecular flexibility index (Phi) is 6.40. The predicted molar refractivity (Wildman–Crippen MR) is 196 cm³/mol. The molecule has 0 spiro atoms. The van der Waals surface area contributed by atoms with Crippen molar-refractivity contribution in [2.75, 3.05) is 0 Å². The van der Waals surface area contributed by atoms with Gasteiger partial charge in [-0.25, -0.2) is 0 Å². The molecule has 9 aromatic rings. The minimum atomic E-state index is 0.909. The van der Waals surface area contributed by atoms with Gasteiger partial charge in [0.25, 0.3) is 0 Å². The van der Waals surface area contributed by atoms with Crippen LogP contribution < -0.4 is 0 Å². The van der Waals surface area contributed by atoms with Gasteiger partial charge in [0, 0.05) is 48.0 Å². The second-order valence-electron chi connectivity index (χ2n) is 11.6. The van der Waals surface area contributed by atoms with Gasteiger partial charge in [-0.05, 0) is 33.9 Å². The number of rotatable bonds is 5. The summed E-state index contributed by atoms with van der Waals surface area (Å²) in [6, 6.07) is 60.7. The van der Waals surface area contributed by atoms with Crippen LogP contribution in [0.5, 0.6) is 0 Å². The average molecular weight is 605 g/mol. The summed E-state index contributed by atoms with van der Waals surface area (Å²) in [5.41, 5.74) is 11.4. The molecule has 0 aliphatic rings. The first-order valence-electron chi connectivity index (χ1n) is 15.6.